The first kappa shape index (κ1) is 10.7. The summed E-state index contributed by atoms with van der Waals surface area (Å²) in [5, 5.41) is 0.751. The van der Waals surface area contributed by atoms with Crippen LogP contribution in [-0.2, 0) is 10.0 Å². The number of amides is 1. The fourth-order valence-electron chi connectivity index (χ4n) is 1.31. The van der Waals surface area contributed by atoms with Crippen molar-refractivity contribution in [2.45, 2.75) is 0 Å². The van der Waals surface area contributed by atoms with Gasteiger partial charge in [0.05, 0.1) is 6.26 Å². The van der Waals surface area contributed by atoms with E-state index in [4.69, 9.17) is 4.42 Å². The number of sulfonamides is 1. The van der Waals surface area contributed by atoms with Crippen molar-refractivity contribution in [3.8, 4) is 0 Å². The maximum absolute atomic E-state index is 11.4. The molecule has 2 rings (SSSR count). The number of carbonyl (C=O) groups excluding carboxylic acids is 1. The zero-order valence-corrected chi connectivity index (χ0v) is 9.24. The number of hydrogen-bond donors (Lipinski definition) is 1. The van der Waals surface area contributed by atoms with Crippen LogP contribution in [0.1, 0.15) is 10.6 Å². The van der Waals surface area contributed by atoms with Gasteiger partial charge in [-0.05, 0) is 12.1 Å². The van der Waals surface area contributed by atoms with Gasteiger partial charge < -0.3 is 4.42 Å². The first-order valence-corrected chi connectivity index (χ1v) is 6.35. The van der Waals surface area contributed by atoms with Crippen LogP contribution < -0.4 is 4.72 Å². The van der Waals surface area contributed by atoms with E-state index in [9.17, 15) is 13.2 Å². The molecular weight excluding hydrogens is 230 g/mol. The molecule has 0 saturated carbocycles. The highest BCUT2D eigenvalue weighted by molar-refractivity contribution is 7.89. The highest BCUT2D eigenvalue weighted by Gasteiger charge is 2.15. The Morgan fingerprint density at radius 1 is 1.31 bits per heavy atom. The molecule has 1 aromatic heterocycles. The average molecular weight is 239 g/mol. The van der Waals surface area contributed by atoms with Gasteiger partial charge in [-0.15, -0.1) is 0 Å². The number of fused-ring (bicyclic) bond motifs is 1. The molecule has 1 heterocycles. The summed E-state index contributed by atoms with van der Waals surface area (Å²) < 4.78 is 28.7. The molecule has 0 aliphatic heterocycles. The first-order valence-electron chi connectivity index (χ1n) is 4.46. The fraction of sp³-hybridized carbons (Fsp3) is 0.100. The Morgan fingerprint density at radius 3 is 2.62 bits per heavy atom. The van der Waals surface area contributed by atoms with E-state index < -0.39 is 15.9 Å². The lowest BCUT2D eigenvalue weighted by atomic mass is 10.2. The Bertz CT molecular complexity index is 609. The van der Waals surface area contributed by atoms with Crippen LogP contribution in [-0.4, -0.2) is 20.6 Å². The van der Waals surface area contributed by atoms with Crippen LogP contribution in [0.15, 0.2) is 34.7 Å². The normalized spacial score (nSPS) is 11.6. The molecule has 0 unspecified atom stereocenters. The van der Waals surface area contributed by atoms with E-state index in [-0.39, 0.29) is 5.76 Å². The minimum Gasteiger partial charge on any atom is -0.451 e. The van der Waals surface area contributed by atoms with Gasteiger partial charge in [0, 0.05) is 5.39 Å². The van der Waals surface area contributed by atoms with Gasteiger partial charge in [0.15, 0.2) is 5.76 Å². The predicted molar refractivity (Wildman–Crippen MR) is 58.5 cm³/mol. The van der Waals surface area contributed by atoms with E-state index in [1.54, 1.807) is 24.3 Å². The van der Waals surface area contributed by atoms with Crippen LogP contribution in [0.5, 0.6) is 0 Å². The zero-order valence-electron chi connectivity index (χ0n) is 8.43. The van der Waals surface area contributed by atoms with Gasteiger partial charge in [-0.2, -0.15) is 0 Å². The number of para-hydroxylation sites is 1. The molecular formula is C10H9NO4S. The average Bonchev–Trinajstić information content (AvgIpc) is 2.58. The molecule has 84 valence electrons. The van der Waals surface area contributed by atoms with E-state index >= 15 is 0 Å². The molecule has 5 nitrogen and oxygen atoms in total. The molecule has 6 heteroatoms. The minimum atomic E-state index is -3.57. The largest absolute Gasteiger partial charge is 0.451 e. The number of hydrogen-bond acceptors (Lipinski definition) is 4. The van der Waals surface area contributed by atoms with Crippen molar-refractivity contribution in [3.05, 3.63) is 36.1 Å². The molecule has 1 aromatic carbocycles. The van der Waals surface area contributed by atoms with Crippen molar-refractivity contribution in [2.75, 3.05) is 6.26 Å². The van der Waals surface area contributed by atoms with Gasteiger partial charge >= 0.3 is 0 Å². The monoisotopic (exact) mass is 239 g/mol. The van der Waals surface area contributed by atoms with Crippen molar-refractivity contribution in [2.24, 2.45) is 0 Å². The van der Waals surface area contributed by atoms with Crippen LogP contribution >= 0.6 is 0 Å². The molecule has 1 amide bonds. The van der Waals surface area contributed by atoms with Crippen molar-refractivity contribution >= 4 is 26.9 Å². The number of carbonyl (C=O) groups is 1. The molecule has 0 fully saturated rings. The maximum Gasteiger partial charge on any atom is 0.300 e. The molecule has 0 atom stereocenters. The quantitative estimate of drug-likeness (QED) is 0.852. The van der Waals surface area contributed by atoms with Gasteiger partial charge in [-0.1, -0.05) is 18.2 Å². The summed E-state index contributed by atoms with van der Waals surface area (Å²) in [7, 11) is -3.57. The summed E-state index contributed by atoms with van der Waals surface area (Å²) in [5.41, 5.74) is 0.543. The summed E-state index contributed by atoms with van der Waals surface area (Å²) in [5.74, 6) is -0.787. The lowest BCUT2D eigenvalue weighted by Crippen LogP contribution is -2.28. The van der Waals surface area contributed by atoms with Crippen LogP contribution in [0.3, 0.4) is 0 Å². The van der Waals surface area contributed by atoms with Gasteiger partial charge in [-0.3, -0.25) is 4.79 Å². The third-order valence-electron chi connectivity index (χ3n) is 1.93. The third-order valence-corrected chi connectivity index (χ3v) is 2.48. The minimum absolute atomic E-state index is 0.0216. The summed E-state index contributed by atoms with van der Waals surface area (Å²) in [4.78, 5) is 11.4. The Balaban J connectivity index is 2.37. The van der Waals surface area contributed by atoms with Crippen molar-refractivity contribution in [1.29, 1.82) is 0 Å². The van der Waals surface area contributed by atoms with E-state index in [1.807, 2.05) is 4.72 Å². The molecule has 0 saturated heterocycles. The third kappa shape index (κ3) is 2.22. The maximum atomic E-state index is 11.4. The Labute approximate surface area is 92.1 Å². The van der Waals surface area contributed by atoms with E-state index in [1.165, 1.54) is 6.07 Å². The van der Waals surface area contributed by atoms with Gasteiger partial charge in [0.25, 0.3) is 5.91 Å². The molecule has 0 spiro atoms. The second-order valence-electron chi connectivity index (χ2n) is 3.35. The smallest absolute Gasteiger partial charge is 0.300 e. The van der Waals surface area contributed by atoms with Crippen molar-refractivity contribution in [1.82, 2.24) is 4.72 Å². The number of furan rings is 1. The Hall–Kier alpha value is -1.82. The van der Waals surface area contributed by atoms with E-state index in [0.717, 1.165) is 11.6 Å². The summed E-state index contributed by atoms with van der Waals surface area (Å²) in [6, 6.07) is 8.54. The van der Waals surface area contributed by atoms with Crippen LogP contribution in [0.25, 0.3) is 11.0 Å². The second kappa shape index (κ2) is 3.64. The number of rotatable bonds is 2. The molecule has 0 aliphatic carbocycles. The Kier molecular flexibility index (Phi) is 2.43. The van der Waals surface area contributed by atoms with Gasteiger partial charge in [0.1, 0.15) is 5.58 Å². The predicted octanol–water partition coefficient (Wildman–Crippen LogP) is 1.12. The first-order chi connectivity index (χ1) is 7.46. The highest BCUT2D eigenvalue weighted by Crippen LogP contribution is 2.18. The topological polar surface area (TPSA) is 76.4 Å². The molecule has 2 aromatic rings. The number of benzene rings is 1. The summed E-state index contributed by atoms with van der Waals surface area (Å²) in [6.07, 6.45) is 0.910. The van der Waals surface area contributed by atoms with Crippen molar-refractivity contribution in [3.63, 3.8) is 0 Å². The standard InChI is InChI=1S/C10H9NO4S/c1-16(13,14)11-10(12)9-6-7-4-2-3-5-8(7)15-9/h2-6H,1H3,(H,11,12). The van der Waals surface area contributed by atoms with Gasteiger partial charge in [0.2, 0.25) is 10.0 Å². The fourth-order valence-corrected chi connectivity index (χ4v) is 1.75. The Morgan fingerprint density at radius 2 is 2.00 bits per heavy atom. The lowest BCUT2D eigenvalue weighted by Gasteiger charge is -1.97. The molecule has 0 bridgehead atoms. The van der Waals surface area contributed by atoms with E-state index in [0.29, 0.717) is 5.58 Å². The van der Waals surface area contributed by atoms with Crippen LogP contribution in [0, 0.1) is 0 Å². The van der Waals surface area contributed by atoms with Gasteiger partial charge in [-0.25, -0.2) is 13.1 Å². The highest BCUT2D eigenvalue weighted by atomic mass is 32.2. The molecule has 0 radical (unpaired) electrons. The SMILES string of the molecule is CS(=O)(=O)NC(=O)c1cc2ccccc2o1. The number of nitrogens with one attached hydrogen (secondary N) is 1. The van der Waals surface area contributed by atoms with Crippen LogP contribution in [0.4, 0.5) is 0 Å². The summed E-state index contributed by atoms with van der Waals surface area (Å²) >= 11 is 0. The summed E-state index contributed by atoms with van der Waals surface area (Å²) in [6.45, 7) is 0. The molecule has 1 N–H and O–H groups in total. The lowest BCUT2D eigenvalue weighted by molar-refractivity contribution is 0.0957. The zero-order chi connectivity index (χ0) is 11.8. The molecule has 16 heavy (non-hydrogen) atoms. The van der Waals surface area contributed by atoms with E-state index in [2.05, 4.69) is 0 Å². The second-order valence-corrected chi connectivity index (χ2v) is 5.10. The van der Waals surface area contributed by atoms with Crippen molar-refractivity contribution < 1.29 is 17.6 Å². The van der Waals surface area contributed by atoms with Crippen LogP contribution in [0.2, 0.25) is 0 Å². The molecule has 0 aliphatic rings.